The van der Waals surface area contributed by atoms with Crippen LogP contribution in [0.3, 0.4) is 0 Å². The van der Waals surface area contributed by atoms with Gasteiger partial charge in [-0.2, -0.15) is 0 Å². The number of aryl methyl sites for hydroxylation is 1. The number of amides is 2. The summed E-state index contributed by atoms with van der Waals surface area (Å²) in [5, 5.41) is 24.0. The number of aromatic hydroxyl groups is 1. The molecule has 2 aliphatic heterocycles. The van der Waals surface area contributed by atoms with E-state index in [1.807, 2.05) is 26.8 Å². The van der Waals surface area contributed by atoms with Gasteiger partial charge in [-0.15, -0.1) is 0 Å². The molecule has 0 aromatic heterocycles. The number of hydrogen-bond donors (Lipinski definition) is 3. The zero-order chi connectivity index (χ0) is 23.4. The lowest BCUT2D eigenvalue weighted by atomic mass is 9.75. The number of phenolic OH excluding ortho intramolecular Hbond substituents is 1. The van der Waals surface area contributed by atoms with Crippen LogP contribution >= 0.6 is 15.9 Å². The zero-order valence-corrected chi connectivity index (χ0v) is 19.6. The summed E-state index contributed by atoms with van der Waals surface area (Å²) in [6, 6.07) is 11.0. The first-order valence-electron chi connectivity index (χ1n) is 10.5. The molecule has 4 rings (SSSR count). The summed E-state index contributed by atoms with van der Waals surface area (Å²) < 4.78 is 0.674. The summed E-state index contributed by atoms with van der Waals surface area (Å²) >= 11 is 3.38. The predicted molar refractivity (Wildman–Crippen MR) is 122 cm³/mol. The van der Waals surface area contributed by atoms with Crippen LogP contribution in [0, 0.1) is 24.7 Å². The Labute approximate surface area is 194 Å². The van der Waals surface area contributed by atoms with E-state index in [1.165, 1.54) is 6.07 Å². The van der Waals surface area contributed by atoms with Gasteiger partial charge >= 0.3 is 5.97 Å². The monoisotopic (exact) mass is 500 g/mol. The maximum atomic E-state index is 13.7. The molecule has 2 heterocycles. The summed E-state index contributed by atoms with van der Waals surface area (Å²) in [6.45, 7) is 5.62. The SMILES string of the molecule is Cc1cccc(N2C(=O)[C@H]3[C@@H](C2=O)[C@@](CC(C)C)(C(=O)O)N[C@H]3c2cc(Br)ccc2O)c1. The number of rotatable bonds is 5. The number of halogens is 1. The number of anilines is 1. The highest BCUT2D eigenvalue weighted by Gasteiger charge is 2.68. The Morgan fingerprint density at radius 3 is 2.53 bits per heavy atom. The van der Waals surface area contributed by atoms with Gasteiger partial charge in [-0.3, -0.25) is 19.7 Å². The van der Waals surface area contributed by atoms with E-state index in [-0.39, 0.29) is 18.1 Å². The van der Waals surface area contributed by atoms with Crippen LogP contribution in [0.4, 0.5) is 5.69 Å². The molecule has 0 radical (unpaired) electrons. The lowest BCUT2D eigenvalue weighted by Crippen LogP contribution is -2.56. The summed E-state index contributed by atoms with van der Waals surface area (Å²) in [7, 11) is 0. The van der Waals surface area contributed by atoms with E-state index in [0.717, 1.165) is 10.5 Å². The van der Waals surface area contributed by atoms with Crippen molar-refractivity contribution in [2.45, 2.75) is 38.8 Å². The van der Waals surface area contributed by atoms with E-state index in [1.54, 1.807) is 30.3 Å². The molecule has 32 heavy (non-hydrogen) atoms. The second-order valence-corrected chi connectivity index (χ2v) is 9.97. The van der Waals surface area contributed by atoms with Gasteiger partial charge < -0.3 is 10.2 Å². The molecule has 4 atom stereocenters. The Morgan fingerprint density at radius 2 is 1.91 bits per heavy atom. The van der Waals surface area contributed by atoms with Crippen LogP contribution in [-0.4, -0.2) is 33.5 Å². The molecule has 0 saturated carbocycles. The van der Waals surface area contributed by atoms with Crippen molar-refractivity contribution in [2.24, 2.45) is 17.8 Å². The predicted octanol–water partition coefficient (Wildman–Crippen LogP) is 3.78. The van der Waals surface area contributed by atoms with Crippen molar-refractivity contribution in [2.75, 3.05) is 4.90 Å². The number of nitrogens with zero attached hydrogens (tertiary/aromatic N) is 1. The largest absolute Gasteiger partial charge is 0.508 e. The van der Waals surface area contributed by atoms with Gasteiger partial charge in [0.25, 0.3) is 0 Å². The number of imide groups is 1. The third-order valence-electron chi connectivity index (χ3n) is 6.35. The number of aliphatic carboxylic acids is 1. The number of nitrogens with one attached hydrogen (secondary N) is 1. The third-order valence-corrected chi connectivity index (χ3v) is 6.84. The summed E-state index contributed by atoms with van der Waals surface area (Å²) in [5.41, 5.74) is 0.0546. The van der Waals surface area contributed by atoms with Crippen molar-refractivity contribution in [1.82, 2.24) is 5.32 Å². The molecule has 2 amide bonds. The maximum absolute atomic E-state index is 13.7. The van der Waals surface area contributed by atoms with Crippen LogP contribution in [0.1, 0.15) is 37.4 Å². The van der Waals surface area contributed by atoms with Crippen molar-refractivity contribution in [1.29, 1.82) is 0 Å². The number of carboxylic acid groups (broad SMARTS) is 1. The Kier molecular flexibility index (Phi) is 5.63. The van der Waals surface area contributed by atoms with E-state index in [9.17, 15) is 24.6 Å². The van der Waals surface area contributed by atoms with Gasteiger partial charge in [0.15, 0.2) is 0 Å². The fraction of sp³-hybridized carbons (Fsp3) is 0.375. The number of hydrogen-bond acceptors (Lipinski definition) is 5. The third kappa shape index (κ3) is 3.42. The minimum absolute atomic E-state index is 0.0509. The molecule has 7 nitrogen and oxygen atoms in total. The first-order valence-corrected chi connectivity index (χ1v) is 11.3. The van der Waals surface area contributed by atoms with E-state index in [0.29, 0.717) is 15.7 Å². The van der Waals surface area contributed by atoms with Crippen LogP contribution in [0.5, 0.6) is 5.75 Å². The van der Waals surface area contributed by atoms with Gasteiger partial charge in [0.1, 0.15) is 11.3 Å². The molecule has 0 spiro atoms. The number of fused-ring (bicyclic) bond motifs is 1. The Hall–Kier alpha value is -2.71. The fourth-order valence-corrected chi connectivity index (χ4v) is 5.56. The molecule has 2 fully saturated rings. The minimum atomic E-state index is -1.64. The van der Waals surface area contributed by atoms with Crippen LogP contribution in [0.25, 0.3) is 0 Å². The average Bonchev–Trinajstić information content (AvgIpc) is 3.18. The van der Waals surface area contributed by atoms with E-state index < -0.39 is 41.2 Å². The van der Waals surface area contributed by atoms with Crippen LogP contribution in [0.15, 0.2) is 46.9 Å². The van der Waals surface area contributed by atoms with Gasteiger partial charge in [0, 0.05) is 16.1 Å². The van der Waals surface area contributed by atoms with Gasteiger partial charge in [0.2, 0.25) is 11.8 Å². The highest BCUT2D eigenvalue weighted by Crippen LogP contribution is 2.53. The average molecular weight is 501 g/mol. The molecule has 2 aromatic rings. The molecular formula is C24H25BrN2O5. The van der Waals surface area contributed by atoms with E-state index in [4.69, 9.17) is 0 Å². The molecular weight excluding hydrogens is 476 g/mol. The smallest absolute Gasteiger partial charge is 0.324 e. The zero-order valence-electron chi connectivity index (χ0n) is 18.0. The molecule has 2 saturated heterocycles. The van der Waals surface area contributed by atoms with E-state index >= 15 is 0 Å². The Balaban J connectivity index is 1.91. The lowest BCUT2D eigenvalue weighted by Gasteiger charge is -2.32. The second-order valence-electron chi connectivity index (χ2n) is 9.05. The first-order chi connectivity index (χ1) is 15.1. The fourth-order valence-electron chi connectivity index (χ4n) is 5.18. The topological polar surface area (TPSA) is 107 Å². The number of benzene rings is 2. The van der Waals surface area contributed by atoms with E-state index in [2.05, 4.69) is 21.2 Å². The molecule has 0 bridgehead atoms. The minimum Gasteiger partial charge on any atom is -0.508 e. The molecule has 2 aliphatic rings. The van der Waals surface area contributed by atoms with Crippen LogP contribution in [0.2, 0.25) is 0 Å². The summed E-state index contributed by atoms with van der Waals surface area (Å²) in [5.74, 6) is -4.34. The maximum Gasteiger partial charge on any atom is 0.324 e. The summed E-state index contributed by atoms with van der Waals surface area (Å²) in [6.07, 6.45) is 0.162. The Morgan fingerprint density at radius 1 is 1.19 bits per heavy atom. The molecule has 8 heteroatoms. The van der Waals surface area contributed by atoms with Crippen LogP contribution in [-0.2, 0) is 14.4 Å². The van der Waals surface area contributed by atoms with Gasteiger partial charge in [-0.25, -0.2) is 4.90 Å². The van der Waals surface area contributed by atoms with Crippen molar-refractivity contribution in [3.63, 3.8) is 0 Å². The second kappa shape index (κ2) is 8.01. The van der Waals surface area contributed by atoms with Gasteiger partial charge in [-0.1, -0.05) is 41.9 Å². The van der Waals surface area contributed by atoms with Gasteiger partial charge in [0.05, 0.1) is 17.5 Å². The van der Waals surface area contributed by atoms with Crippen molar-refractivity contribution >= 4 is 39.4 Å². The molecule has 2 aromatic carbocycles. The lowest BCUT2D eigenvalue weighted by molar-refractivity contribution is -0.149. The molecule has 168 valence electrons. The van der Waals surface area contributed by atoms with Crippen molar-refractivity contribution in [3.8, 4) is 5.75 Å². The quantitative estimate of drug-likeness (QED) is 0.539. The number of carbonyl (C=O) groups excluding carboxylic acids is 2. The first kappa shape index (κ1) is 22.5. The van der Waals surface area contributed by atoms with Crippen molar-refractivity contribution in [3.05, 3.63) is 58.1 Å². The highest BCUT2D eigenvalue weighted by molar-refractivity contribution is 9.10. The highest BCUT2D eigenvalue weighted by atomic mass is 79.9. The number of phenols is 1. The molecule has 0 unspecified atom stereocenters. The van der Waals surface area contributed by atoms with Crippen LogP contribution < -0.4 is 10.2 Å². The standard InChI is InChI=1S/C24H25BrN2O5/c1-12(2)11-24(23(31)32)19-18(20(26-24)16-10-14(25)7-8-17(16)28)21(29)27(22(19)30)15-6-4-5-13(3)9-15/h4-10,12,18-20,26,28H,11H2,1-3H3,(H,31,32)/t18-,19-,20-,24-/m0/s1. The number of carbonyl (C=O) groups is 3. The number of carboxylic acids is 1. The van der Waals surface area contributed by atoms with Gasteiger partial charge in [-0.05, 0) is 55.2 Å². The normalized spacial score (nSPS) is 27.3. The molecule has 3 N–H and O–H groups in total. The Bertz CT molecular complexity index is 1120. The molecule has 0 aliphatic carbocycles. The summed E-state index contributed by atoms with van der Waals surface area (Å²) in [4.78, 5) is 41.1. The van der Waals surface area contributed by atoms with Crippen molar-refractivity contribution < 1.29 is 24.6 Å².